The van der Waals surface area contributed by atoms with E-state index in [1.807, 2.05) is 27.7 Å². The van der Waals surface area contributed by atoms with E-state index in [0.29, 0.717) is 12.5 Å². The second kappa shape index (κ2) is 7.93. The second-order valence-electron chi connectivity index (χ2n) is 8.19. The number of hydrogen-bond donors (Lipinski definition) is 1. The smallest absolute Gasteiger partial charge is 0.399 e. The molecule has 27 heavy (non-hydrogen) atoms. The van der Waals surface area contributed by atoms with E-state index in [1.54, 1.807) is 12.4 Å². The number of carbonyl (C=O) groups excluding carboxylic acids is 1. The van der Waals surface area contributed by atoms with Crippen LogP contribution in [0.25, 0.3) is 0 Å². The lowest BCUT2D eigenvalue weighted by Crippen LogP contribution is -2.48. The van der Waals surface area contributed by atoms with Crippen molar-refractivity contribution in [3.63, 3.8) is 0 Å². The Morgan fingerprint density at radius 1 is 1.26 bits per heavy atom. The van der Waals surface area contributed by atoms with Crippen molar-refractivity contribution in [2.24, 2.45) is 0 Å². The van der Waals surface area contributed by atoms with E-state index in [2.05, 4.69) is 20.2 Å². The summed E-state index contributed by atoms with van der Waals surface area (Å²) >= 11 is 5.57. The molecule has 148 valence electrons. The fourth-order valence-corrected chi connectivity index (χ4v) is 3.43. The first kappa shape index (κ1) is 20.4. The Kier molecular flexibility index (Phi) is 5.98. The first-order valence-corrected chi connectivity index (χ1v) is 10.0. The van der Waals surface area contributed by atoms with Crippen LogP contribution in [0.3, 0.4) is 0 Å². The van der Waals surface area contributed by atoms with Crippen molar-refractivity contribution in [1.29, 1.82) is 0 Å². The molecule has 7 nitrogen and oxygen atoms in total. The van der Waals surface area contributed by atoms with Crippen LogP contribution in [0.15, 0.2) is 12.4 Å². The van der Waals surface area contributed by atoms with Crippen LogP contribution in [0.5, 0.6) is 0 Å². The highest BCUT2D eigenvalue weighted by Crippen LogP contribution is 2.36. The van der Waals surface area contributed by atoms with Crippen molar-refractivity contribution >= 4 is 36.0 Å². The summed E-state index contributed by atoms with van der Waals surface area (Å²) in [6.45, 7) is 9.52. The van der Waals surface area contributed by atoms with E-state index in [0.717, 1.165) is 31.3 Å². The summed E-state index contributed by atoms with van der Waals surface area (Å²) in [4.78, 5) is 22.7. The van der Waals surface area contributed by atoms with Gasteiger partial charge in [0.2, 0.25) is 11.9 Å². The van der Waals surface area contributed by atoms with E-state index in [-0.39, 0.29) is 17.8 Å². The quantitative estimate of drug-likeness (QED) is 0.602. The Balaban J connectivity index is 1.69. The monoisotopic (exact) mass is 394 g/mol. The maximum Gasteiger partial charge on any atom is 0.498 e. The van der Waals surface area contributed by atoms with Crippen LogP contribution < -0.4 is 15.7 Å². The standard InChI is InChI=1S/C18H28BClN4O3/c1-17(2)18(3,4)27-19(26-17)13-10-22-16(23-11-13)24-8-6-5-7-14(24)12-21-15(25)9-20/h10-11,14H,5-9,12H2,1-4H3,(H,21,25)/t14-/m0/s1. The van der Waals surface area contributed by atoms with E-state index in [9.17, 15) is 4.79 Å². The number of aromatic nitrogens is 2. The molecule has 1 atom stereocenters. The third kappa shape index (κ3) is 4.38. The summed E-state index contributed by atoms with van der Waals surface area (Å²) in [5, 5.41) is 2.87. The molecule has 3 rings (SSSR count). The molecule has 2 aliphatic heterocycles. The Hall–Kier alpha value is -1.38. The third-order valence-corrected chi connectivity index (χ3v) is 5.97. The molecular formula is C18H28BClN4O3. The highest BCUT2D eigenvalue weighted by Gasteiger charge is 2.52. The number of carbonyl (C=O) groups is 1. The minimum Gasteiger partial charge on any atom is -0.399 e. The molecular weight excluding hydrogens is 366 g/mol. The molecule has 2 fully saturated rings. The average Bonchev–Trinajstić information content (AvgIpc) is 2.87. The molecule has 9 heteroatoms. The topological polar surface area (TPSA) is 76.6 Å². The molecule has 0 radical (unpaired) electrons. The Bertz CT molecular complexity index is 655. The second-order valence-corrected chi connectivity index (χ2v) is 8.45. The van der Waals surface area contributed by atoms with Gasteiger partial charge in [-0.1, -0.05) is 0 Å². The zero-order valence-corrected chi connectivity index (χ0v) is 17.3. The van der Waals surface area contributed by atoms with E-state index in [1.165, 1.54) is 0 Å². The van der Waals surface area contributed by atoms with Crippen LogP contribution in [0.1, 0.15) is 47.0 Å². The van der Waals surface area contributed by atoms with Gasteiger partial charge in [0.15, 0.2) is 0 Å². The van der Waals surface area contributed by atoms with Crippen molar-refractivity contribution in [3.05, 3.63) is 12.4 Å². The van der Waals surface area contributed by atoms with Gasteiger partial charge in [0, 0.05) is 37.0 Å². The lowest BCUT2D eigenvalue weighted by atomic mass is 9.81. The fraction of sp³-hybridized carbons (Fsp3) is 0.722. The first-order chi connectivity index (χ1) is 12.7. The maximum atomic E-state index is 11.5. The van der Waals surface area contributed by atoms with Crippen LogP contribution in [-0.4, -0.2) is 59.2 Å². The molecule has 0 aliphatic carbocycles. The molecule has 1 N–H and O–H groups in total. The summed E-state index contributed by atoms with van der Waals surface area (Å²) < 4.78 is 12.1. The Labute approximate surface area is 166 Å². The number of hydrogen-bond acceptors (Lipinski definition) is 6. The molecule has 2 saturated heterocycles. The highest BCUT2D eigenvalue weighted by molar-refractivity contribution is 6.61. The lowest BCUT2D eigenvalue weighted by Gasteiger charge is -2.35. The van der Waals surface area contributed by atoms with Gasteiger partial charge in [0.05, 0.1) is 11.2 Å². The van der Waals surface area contributed by atoms with Crippen molar-refractivity contribution in [2.45, 2.75) is 64.2 Å². The number of piperidine rings is 1. The molecule has 0 aromatic carbocycles. The summed E-state index contributed by atoms with van der Waals surface area (Å²) in [5.74, 6) is 0.491. The van der Waals surface area contributed by atoms with Crippen molar-refractivity contribution < 1.29 is 14.1 Å². The van der Waals surface area contributed by atoms with Gasteiger partial charge in [-0.2, -0.15) is 0 Å². The van der Waals surface area contributed by atoms with Crippen LogP contribution in [0, 0.1) is 0 Å². The van der Waals surface area contributed by atoms with Crippen molar-refractivity contribution in [3.8, 4) is 0 Å². The molecule has 0 saturated carbocycles. The van der Waals surface area contributed by atoms with Gasteiger partial charge in [-0.15, -0.1) is 11.6 Å². The van der Waals surface area contributed by atoms with Crippen molar-refractivity contribution in [1.82, 2.24) is 15.3 Å². The molecule has 0 bridgehead atoms. The highest BCUT2D eigenvalue weighted by atomic mass is 35.5. The first-order valence-electron chi connectivity index (χ1n) is 9.50. The fourth-order valence-electron chi connectivity index (χ4n) is 3.34. The average molecular weight is 395 g/mol. The van der Waals surface area contributed by atoms with Gasteiger partial charge in [-0.05, 0) is 47.0 Å². The van der Waals surface area contributed by atoms with Crippen LogP contribution in [0.2, 0.25) is 0 Å². The summed E-state index contributed by atoms with van der Waals surface area (Å²) in [5.41, 5.74) is 0.0190. The van der Waals surface area contributed by atoms with E-state index >= 15 is 0 Å². The summed E-state index contributed by atoms with van der Waals surface area (Å²) in [6, 6.07) is 0.175. The minimum atomic E-state index is -0.468. The van der Waals surface area contributed by atoms with Gasteiger partial charge in [-0.25, -0.2) is 9.97 Å². The number of nitrogens with zero attached hydrogens (tertiary/aromatic N) is 3. The predicted octanol–water partition coefficient (Wildman–Crippen LogP) is 1.49. The van der Waals surface area contributed by atoms with Crippen LogP contribution >= 0.6 is 11.6 Å². The predicted molar refractivity (Wildman–Crippen MR) is 106 cm³/mol. The molecule has 2 aliphatic rings. The van der Waals surface area contributed by atoms with Gasteiger partial charge in [0.25, 0.3) is 0 Å². The molecule has 1 aromatic heterocycles. The zero-order chi connectivity index (χ0) is 19.7. The van der Waals surface area contributed by atoms with Crippen molar-refractivity contribution in [2.75, 3.05) is 23.9 Å². The van der Waals surface area contributed by atoms with E-state index in [4.69, 9.17) is 20.9 Å². The van der Waals surface area contributed by atoms with Gasteiger partial charge in [0.1, 0.15) is 5.88 Å². The number of nitrogens with one attached hydrogen (secondary N) is 1. The van der Waals surface area contributed by atoms with Gasteiger partial charge in [-0.3, -0.25) is 4.79 Å². The number of amides is 1. The molecule has 0 spiro atoms. The Morgan fingerprint density at radius 3 is 2.48 bits per heavy atom. The maximum absolute atomic E-state index is 11.5. The largest absolute Gasteiger partial charge is 0.498 e. The van der Waals surface area contributed by atoms with Gasteiger partial charge < -0.3 is 19.5 Å². The number of halogens is 1. The van der Waals surface area contributed by atoms with Gasteiger partial charge >= 0.3 is 7.12 Å². The summed E-state index contributed by atoms with van der Waals surface area (Å²) in [6.07, 6.45) is 6.75. The lowest BCUT2D eigenvalue weighted by molar-refractivity contribution is -0.118. The van der Waals surface area contributed by atoms with Crippen LogP contribution in [0.4, 0.5) is 5.95 Å². The molecule has 1 amide bonds. The molecule has 3 heterocycles. The number of anilines is 1. The SMILES string of the molecule is CC1(C)OB(c2cnc(N3CCCC[C@H]3CNC(=O)CCl)nc2)OC1(C)C. The normalized spacial score (nSPS) is 24.1. The van der Waals surface area contributed by atoms with E-state index < -0.39 is 18.3 Å². The summed E-state index contributed by atoms with van der Waals surface area (Å²) in [7, 11) is -0.468. The zero-order valence-electron chi connectivity index (χ0n) is 16.5. The number of rotatable bonds is 5. The van der Waals surface area contributed by atoms with Crippen LogP contribution in [-0.2, 0) is 14.1 Å². The minimum absolute atomic E-state index is 0.0218. The Morgan fingerprint density at radius 2 is 1.89 bits per heavy atom. The number of alkyl halides is 1. The molecule has 0 unspecified atom stereocenters. The third-order valence-electron chi connectivity index (χ3n) is 5.72. The molecule has 1 aromatic rings.